The van der Waals surface area contributed by atoms with E-state index in [0.29, 0.717) is 5.54 Å². The van der Waals surface area contributed by atoms with Crippen molar-refractivity contribution in [1.82, 2.24) is 10.2 Å². The van der Waals surface area contributed by atoms with Gasteiger partial charge >= 0.3 is 0 Å². The van der Waals surface area contributed by atoms with Gasteiger partial charge in [-0.1, -0.05) is 6.92 Å². The van der Waals surface area contributed by atoms with Crippen molar-refractivity contribution < 1.29 is 0 Å². The van der Waals surface area contributed by atoms with Crippen LogP contribution in [0.25, 0.3) is 0 Å². The fraction of sp³-hybridized carbons (Fsp3) is 1.00. The Bertz CT molecular complexity index is 199. The fourth-order valence-electron chi connectivity index (χ4n) is 2.99. The van der Waals surface area contributed by atoms with Crippen LogP contribution in [0.1, 0.15) is 52.4 Å². The highest BCUT2D eigenvalue weighted by Crippen LogP contribution is 2.38. The fourth-order valence-corrected chi connectivity index (χ4v) is 2.99. The number of likely N-dealkylation sites (tertiary alicyclic amines) is 1. The maximum absolute atomic E-state index is 3.68. The summed E-state index contributed by atoms with van der Waals surface area (Å²) in [7, 11) is 0. The molecule has 88 valence electrons. The molecule has 1 unspecified atom stereocenters. The first-order valence-electron chi connectivity index (χ1n) is 6.73. The smallest absolute Gasteiger partial charge is 0.0195 e. The molecule has 15 heavy (non-hydrogen) atoms. The lowest BCUT2D eigenvalue weighted by molar-refractivity contribution is 0.00727. The molecule has 2 aliphatic rings. The Balaban J connectivity index is 1.81. The van der Waals surface area contributed by atoms with Crippen LogP contribution in [0.3, 0.4) is 0 Å². The number of nitrogens with zero attached hydrogens (tertiary/aromatic N) is 1. The van der Waals surface area contributed by atoms with Crippen LogP contribution in [-0.4, -0.2) is 36.1 Å². The second-order valence-corrected chi connectivity index (χ2v) is 5.59. The Hall–Kier alpha value is -0.0800. The van der Waals surface area contributed by atoms with E-state index >= 15 is 0 Å². The van der Waals surface area contributed by atoms with E-state index in [1.165, 1.54) is 58.2 Å². The lowest BCUT2D eigenvalue weighted by atomic mass is 9.76. The normalized spacial score (nSPS) is 31.2. The van der Waals surface area contributed by atoms with E-state index in [-0.39, 0.29) is 0 Å². The molecule has 0 amide bonds. The summed E-state index contributed by atoms with van der Waals surface area (Å²) in [6, 6.07) is 0.760. The molecular formula is C13H26N2. The average Bonchev–Trinajstić information content (AvgIpc) is 2.23. The summed E-state index contributed by atoms with van der Waals surface area (Å²) in [4.78, 5) is 2.74. The molecule has 0 aromatic heterocycles. The second-order valence-electron chi connectivity index (χ2n) is 5.59. The van der Waals surface area contributed by atoms with Gasteiger partial charge in [-0.05, 0) is 58.5 Å². The van der Waals surface area contributed by atoms with E-state index in [0.717, 1.165) is 6.04 Å². The van der Waals surface area contributed by atoms with Crippen LogP contribution < -0.4 is 5.32 Å². The molecule has 2 fully saturated rings. The minimum atomic E-state index is 0.562. The molecule has 1 saturated carbocycles. The molecule has 0 aromatic rings. The van der Waals surface area contributed by atoms with Gasteiger partial charge in [-0.2, -0.15) is 0 Å². The number of rotatable bonds is 4. The standard InChI is InChI=1S/C13H26N2/c1-3-9-14-12-6-4-10-15(11-12)13(2)7-5-8-13/h12,14H,3-11H2,1-2H3. The molecule has 1 atom stereocenters. The van der Waals surface area contributed by atoms with Gasteiger partial charge in [0.1, 0.15) is 0 Å². The molecule has 1 N–H and O–H groups in total. The highest BCUT2D eigenvalue weighted by molar-refractivity contribution is 4.96. The molecule has 1 heterocycles. The summed E-state index contributed by atoms with van der Waals surface area (Å²) in [5.74, 6) is 0. The molecule has 2 heteroatoms. The van der Waals surface area contributed by atoms with Gasteiger partial charge in [0.05, 0.1) is 0 Å². The first kappa shape index (κ1) is 11.4. The summed E-state index contributed by atoms with van der Waals surface area (Å²) in [5.41, 5.74) is 0.562. The third-order valence-electron chi connectivity index (χ3n) is 4.30. The second kappa shape index (κ2) is 4.84. The Kier molecular flexibility index (Phi) is 3.68. The van der Waals surface area contributed by atoms with Crippen LogP contribution in [0.2, 0.25) is 0 Å². The number of hydrogen-bond acceptors (Lipinski definition) is 2. The van der Waals surface area contributed by atoms with E-state index in [1.807, 2.05) is 0 Å². The number of hydrogen-bond donors (Lipinski definition) is 1. The molecular weight excluding hydrogens is 184 g/mol. The Morgan fingerprint density at radius 2 is 2.13 bits per heavy atom. The van der Waals surface area contributed by atoms with Crippen LogP contribution in [0, 0.1) is 0 Å². The lowest BCUT2D eigenvalue weighted by Crippen LogP contribution is -2.58. The van der Waals surface area contributed by atoms with Crippen LogP contribution in [-0.2, 0) is 0 Å². The van der Waals surface area contributed by atoms with Gasteiger partial charge < -0.3 is 5.32 Å². The summed E-state index contributed by atoms with van der Waals surface area (Å²) >= 11 is 0. The predicted octanol–water partition coefficient (Wildman–Crippen LogP) is 2.39. The molecule has 0 bridgehead atoms. The van der Waals surface area contributed by atoms with Crippen LogP contribution >= 0.6 is 0 Å². The van der Waals surface area contributed by atoms with Crippen molar-refractivity contribution in [3.05, 3.63) is 0 Å². The first-order valence-corrected chi connectivity index (χ1v) is 6.73. The molecule has 1 aliphatic heterocycles. The zero-order valence-corrected chi connectivity index (χ0v) is 10.4. The van der Waals surface area contributed by atoms with Crippen molar-refractivity contribution in [2.75, 3.05) is 19.6 Å². The third-order valence-corrected chi connectivity index (χ3v) is 4.30. The molecule has 0 spiro atoms. The van der Waals surface area contributed by atoms with Gasteiger partial charge in [-0.3, -0.25) is 4.90 Å². The van der Waals surface area contributed by atoms with Gasteiger partial charge in [-0.25, -0.2) is 0 Å². The van der Waals surface area contributed by atoms with Gasteiger partial charge in [0, 0.05) is 18.1 Å². The van der Waals surface area contributed by atoms with Crippen LogP contribution in [0.5, 0.6) is 0 Å². The van der Waals surface area contributed by atoms with Crippen LogP contribution in [0.15, 0.2) is 0 Å². The van der Waals surface area contributed by atoms with Gasteiger partial charge in [0.2, 0.25) is 0 Å². The monoisotopic (exact) mass is 210 g/mol. The Morgan fingerprint density at radius 3 is 2.73 bits per heavy atom. The molecule has 2 rings (SSSR count). The van der Waals surface area contributed by atoms with Crippen molar-refractivity contribution in [3.63, 3.8) is 0 Å². The Morgan fingerprint density at radius 1 is 1.33 bits per heavy atom. The zero-order chi connectivity index (χ0) is 10.7. The van der Waals surface area contributed by atoms with Crippen molar-refractivity contribution >= 4 is 0 Å². The van der Waals surface area contributed by atoms with Crippen molar-refractivity contribution in [2.24, 2.45) is 0 Å². The Labute approximate surface area is 94.4 Å². The van der Waals surface area contributed by atoms with E-state index < -0.39 is 0 Å². The van der Waals surface area contributed by atoms with E-state index in [2.05, 4.69) is 24.1 Å². The minimum absolute atomic E-state index is 0.562. The number of nitrogens with one attached hydrogen (secondary N) is 1. The third kappa shape index (κ3) is 2.54. The molecule has 2 nitrogen and oxygen atoms in total. The van der Waals surface area contributed by atoms with Crippen molar-refractivity contribution in [3.8, 4) is 0 Å². The van der Waals surface area contributed by atoms with Crippen LogP contribution in [0.4, 0.5) is 0 Å². The molecule has 0 aromatic carbocycles. The first-order chi connectivity index (χ1) is 7.24. The summed E-state index contributed by atoms with van der Waals surface area (Å²) in [6.07, 6.45) is 8.32. The summed E-state index contributed by atoms with van der Waals surface area (Å²) in [6.45, 7) is 8.52. The van der Waals surface area contributed by atoms with Crippen molar-refractivity contribution in [2.45, 2.75) is 64.0 Å². The molecule has 0 radical (unpaired) electrons. The zero-order valence-electron chi connectivity index (χ0n) is 10.4. The quantitative estimate of drug-likeness (QED) is 0.766. The van der Waals surface area contributed by atoms with E-state index in [9.17, 15) is 0 Å². The lowest BCUT2D eigenvalue weighted by Gasteiger charge is -2.51. The maximum atomic E-state index is 3.68. The topological polar surface area (TPSA) is 15.3 Å². The van der Waals surface area contributed by atoms with Gasteiger partial charge in [-0.15, -0.1) is 0 Å². The molecule has 1 saturated heterocycles. The average molecular weight is 210 g/mol. The molecule has 1 aliphatic carbocycles. The summed E-state index contributed by atoms with van der Waals surface area (Å²) in [5, 5.41) is 3.68. The summed E-state index contributed by atoms with van der Waals surface area (Å²) < 4.78 is 0. The maximum Gasteiger partial charge on any atom is 0.0195 e. The minimum Gasteiger partial charge on any atom is -0.313 e. The van der Waals surface area contributed by atoms with Crippen molar-refractivity contribution in [1.29, 1.82) is 0 Å². The largest absolute Gasteiger partial charge is 0.313 e. The predicted molar refractivity (Wildman–Crippen MR) is 65.1 cm³/mol. The van der Waals surface area contributed by atoms with E-state index in [1.54, 1.807) is 0 Å². The van der Waals surface area contributed by atoms with Gasteiger partial charge in [0.25, 0.3) is 0 Å². The highest BCUT2D eigenvalue weighted by Gasteiger charge is 2.39. The number of piperidine rings is 1. The highest BCUT2D eigenvalue weighted by atomic mass is 15.2. The SMILES string of the molecule is CCCNC1CCCN(C2(C)CCC2)C1. The van der Waals surface area contributed by atoms with Gasteiger partial charge in [0.15, 0.2) is 0 Å². The van der Waals surface area contributed by atoms with E-state index in [4.69, 9.17) is 0 Å².